The van der Waals surface area contributed by atoms with Gasteiger partial charge < -0.3 is 5.32 Å². The third-order valence-corrected chi connectivity index (χ3v) is 4.31. The van der Waals surface area contributed by atoms with Gasteiger partial charge >= 0.3 is 0 Å². The molecule has 2 heterocycles. The molecule has 0 saturated carbocycles. The molecule has 1 atom stereocenters. The summed E-state index contributed by atoms with van der Waals surface area (Å²) in [6.45, 7) is 1.91. The first-order valence-corrected chi connectivity index (χ1v) is 8.45. The molecule has 0 radical (unpaired) electrons. The molecule has 0 aliphatic carbocycles. The molecule has 0 fully saturated rings. The molecule has 1 aromatic carbocycles. The molecule has 0 aliphatic heterocycles. The second kappa shape index (κ2) is 7.93. The Balaban J connectivity index is 1.78. The molecule has 1 N–H and O–H groups in total. The molecule has 0 saturated heterocycles. The van der Waals surface area contributed by atoms with E-state index in [9.17, 15) is 9.59 Å². The minimum absolute atomic E-state index is 0.278. The number of carbonyl (C=O) groups is 1. The topological polar surface area (TPSA) is 76.9 Å². The fourth-order valence-electron chi connectivity index (χ4n) is 2.45. The first-order valence-electron chi connectivity index (χ1n) is 8.07. The minimum Gasteiger partial charge on any atom is -0.350 e. The van der Waals surface area contributed by atoms with Gasteiger partial charge in [0.05, 0.1) is 5.69 Å². The molecule has 3 rings (SSSR count). The Morgan fingerprint density at radius 2 is 2.00 bits per heavy atom. The number of benzene rings is 1. The van der Waals surface area contributed by atoms with Gasteiger partial charge in [-0.1, -0.05) is 29.8 Å². The molecule has 2 aromatic heterocycles. The summed E-state index contributed by atoms with van der Waals surface area (Å²) < 4.78 is 1.17. The van der Waals surface area contributed by atoms with Crippen LogP contribution in [0.25, 0.3) is 11.3 Å². The number of halogens is 1. The standard InChI is InChI=1S/C19H17ClN4O2/c1-13(19(26)22-12-14-5-2-3-7-16(14)20)24-18(25)9-8-17(23-24)15-6-4-10-21-11-15/h2-11,13H,12H2,1H3,(H,22,26). The highest BCUT2D eigenvalue weighted by molar-refractivity contribution is 6.31. The number of hydrogen-bond donors (Lipinski definition) is 1. The van der Waals surface area contributed by atoms with Crippen LogP contribution in [-0.2, 0) is 11.3 Å². The minimum atomic E-state index is -0.762. The van der Waals surface area contributed by atoms with E-state index in [0.717, 1.165) is 11.1 Å². The Morgan fingerprint density at radius 1 is 1.19 bits per heavy atom. The summed E-state index contributed by atoms with van der Waals surface area (Å²) in [5.74, 6) is -0.317. The number of nitrogens with one attached hydrogen (secondary N) is 1. The monoisotopic (exact) mass is 368 g/mol. The van der Waals surface area contributed by atoms with Gasteiger partial charge in [0.1, 0.15) is 6.04 Å². The van der Waals surface area contributed by atoms with Gasteiger partial charge in [0.15, 0.2) is 0 Å². The van der Waals surface area contributed by atoms with Crippen LogP contribution in [0, 0.1) is 0 Å². The van der Waals surface area contributed by atoms with E-state index in [1.165, 1.54) is 10.7 Å². The largest absolute Gasteiger partial charge is 0.350 e. The van der Waals surface area contributed by atoms with Crippen LogP contribution >= 0.6 is 11.6 Å². The van der Waals surface area contributed by atoms with Crippen molar-refractivity contribution < 1.29 is 4.79 Å². The number of aromatic nitrogens is 3. The third-order valence-electron chi connectivity index (χ3n) is 3.94. The SMILES string of the molecule is CC(C(=O)NCc1ccccc1Cl)n1nc(-c2cccnc2)ccc1=O. The molecular weight excluding hydrogens is 352 g/mol. The molecule has 0 bridgehead atoms. The van der Waals surface area contributed by atoms with Gasteiger partial charge in [-0.15, -0.1) is 0 Å². The Hall–Kier alpha value is -2.99. The van der Waals surface area contributed by atoms with Crippen molar-refractivity contribution in [3.63, 3.8) is 0 Å². The number of carbonyl (C=O) groups excluding carboxylic acids is 1. The summed E-state index contributed by atoms with van der Waals surface area (Å²) in [5.41, 5.74) is 1.80. The molecular formula is C19H17ClN4O2. The Morgan fingerprint density at radius 3 is 2.73 bits per heavy atom. The first-order chi connectivity index (χ1) is 12.6. The van der Waals surface area contributed by atoms with Crippen LogP contribution in [0.2, 0.25) is 5.02 Å². The van der Waals surface area contributed by atoms with Gasteiger partial charge in [-0.3, -0.25) is 14.6 Å². The lowest BCUT2D eigenvalue weighted by atomic mass is 10.2. The lowest BCUT2D eigenvalue weighted by Gasteiger charge is -2.15. The predicted octanol–water partition coefficient (Wildman–Crippen LogP) is 2.84. The predicted molar refractivity (Wildman–Crippen MR) is 99.7 cm³/mol. The highest BCUT2D eigenvalue weighted by atomic mass is 35.5. The van der Waals surface area contributed by atoms with Crippen LogP contribution in [0.1, 0.15) is 18.5 Å². The van der Waals surface area contributed by atoms with Crippen molar-refractivity contribution in [1.82, 2.24) is 20.1 Å². The summed E-state index contributed by atoms with van der Waals surface area (Å²) in [4.78, 5) is 28.7. The molecule has 6 nitrogen and oxygen atoms in total. The third kappa shape index (κ3) is 3.97. The molecule has 0 spiro atoms. The van der Waals surface area contributed by atoms with E-state index in [1.807, 2.05) is 24.3 Å². The number of nitrogens with zero attached hydrogens (tertiary/aromatic N) is 3. The summed E-state index contributed by atoms with van der Waals surface area (Å²) in [6.07, 6.45) is 3.31. The van der Waals surface area contributed by atoms with Gasteiger partial charge in [-0.25, -0.2) is 4.68 Å². The van der Waals surface area contributed by atoms with Crippen molar-refractivity contribution >= 4 is 17.5 Å². The van der Waals surface area contributed by atoms with Gasteiger partial charge in [0.25, 0.3) is 5.56 Å². The van der Waals surface area contributed by atoms with Gasteiger partial charge in [-0.05, 0) is 36.8 Å². The van der Waals surface area contributed by atoms with Crippen molar-refractivity contribution in [3.05, 3.63) is 81.9 Å². The summed E-state index contributed by atoms with van der Waals surface area (Å²) in [5, 5.41) is 7.68. The Kier molecular flexibility index (Phi) is 5.43. The van der Waals surface area contributed by atoms with Crippen LogP contribution in [-0.4, -0.2) is 20.7 Å². The van der Waals surface area contributed by atoms with E-state index in [-0.39, 0.29) is 18.0 Å². The van der Waals surface area contributed by atoms with E-state index < -0.39 is 6.04 Å². The maximum absolute atomic E-state index is 12.5. The zero-order chi connectivity index (χ0) is 18.5. The van der Waals surface area contributed by atoms with E-state index in [4.69, 9.17) is 11.6 Å². The summed E-state index contributed by atoms with van der Waals surface area (Å²) >= 11 is 6.09. The number of rotatable bonds is 5. The lowest BCUT2D eigenvalue weighted by molar-refractivity contribution is -0.124. The quantitative estimate of drug-likeness (QED) is 0.751. The van der Waals surface area contributed by atoms with E-state index >= 15 is 0 Å². The number of amides is 1. The molecule has 1 unspecified atom stereocenters. The number of pyridine rings is 1. The van der Waals surface area contributed by atoms with E-state index in [1.54, 1.807) is 37.5 Å². The lowest BCUT2D eigenvalue weighted by Crippen LogP contribution is -2.36. The van der Waals surface area contributed by atoms with Crippen molar-refractivity contribution in [1.29, 1.82) is 0 Å². The van der Waals surface area contributed by atoms with Crippen molar-refractivity contribution in [2.75, 3.05) is 0 Å². The van der Waals surface area contributed by atoms with Crippen LogP contribution < -0.4 is 10.9 Å². The smallest absolute Gasteiger partial charge is 0.267 e. The van der Waals surface area contributed by atoms with Crippen LogP contribution in [0.3, 0.4) is 0 Å². The van der Waals surface area contributed by atoms with Crippen molar-refractivity contribution in [2.45, 2.75) is 19.5 Å². The zero-order valence-corrected chi connectivity index (χ0v) is 14.8. The van der Waals surface area contributed by atoms with Crippen LogP contribution in [0.4, 0.5) is 0 Å². The molecule has 132 valence electrons. The van der Waals surface area contributed by atoms with E-state index in [2.05, 4.69) is 15.4 Å². The second-order valence-corrected chi connectivity index (χ2v) is 6.14. The number of hydrogen-bond acceptors (Lipinski definition) is 4. The average Bonchev–Trinajstić information content (AvgIpc) is 2.67. The van der Waals surface area contributed by atoms with Gasteiger partial charge in [0.2, 0.25) is 5.91 Å². The normalized spacial score (nSPS) is 11.8. The van der Waals surface area contributed by atoms with Crippen LogP contribution in [0.15, 0.2) is 65.7 Å². The fraction of sp³-hybridized carbons (Fsp3) is 0.158. The van der Waals surface area contributed by atoms with Gasteiger partial charge in [0, 0.05) is 35.6 Å². The summed E-state index contributed by atoms with van der Waals surface area (Å²) in [6, 6.07) is 13.1. The van der Waals surface area contributed by atoms with Crippen LogP contribution in [0.5, 0.6) is 0 Å². The van der Waals surface area contributed by atoms with Crippen molar-refractivity contribution in [2.24, 2.45) is 0 Å². The molecule has 26 heavy (non-hydrogen) atoms. The maximum atomic E-state index is 12.5. The highest BCUT2D eigenvalue weighted by Gasteiger charge is 2.18. The highest BCUT2D eigenvalue weighted by Crippen LogP contribution is 2.16. The summed E-state index contributed by atoms with van der Waals surface area (Å²) in [7, 11) is 0. The average molecular weight is 369 g/mol. The fourth-order valence-corrected chi connectivity index (χ4v) is 2.66. The molecule has 1 amide bonds. The van der Waals surface area contributed by atoms with E-state index in [0.29, 0.717) is 10.7 Å². The van der Waals surface area contributed by atoms with Crippen molar-refractivity contribution in [3.8, 4) is 11.3 Å². The zero-order valence-electron chi connectivity index (χ0n) is 14.1. The Labute approximate surface area is 155 Å². The second-order valence-electron chi connectivity index (χ2n) is 5.73. The molecule has 3 aromatic rings. The molecule has 0 aliphatic rings. The van der Waals surface area contributed by atoms with Gasteiger partial charge in [-0.2, -0.15) is 5.10 Å². The molecule has 7 heteroatoms. The maximum Gasteiger partial charge on any atom is 0.267 e. The Bertz CT molecular complexity index is 973. The first kappa shape index (κ1) is 17.8.